The standard InChI is InChI=1S/C14H14F4O6S.C13H15FO4/c15-11-9(24-25(19,20)14(16,17)18)6-21-10-7-22-13(23-12(10)11)8-4-2-1-3-5-8;14-11-9(15)6-16-10-7-17-13(18-12(10)11)8-4-2-1-3-5-8/h1-5,9-13H,6-7H2;1-5,9-13,15H,6-7H2/t2*9-,10+,11+,12+,13?/m00/s1. The van der Waals surface area contributed by atoms with Gasteiger partial charge in [0.25, 0.3) is 0 Å². The predicted octanol–water partition coefficient (Wildman–Crippen LogP) is 3.27. The molecule has 10 nitrogen and oxygen atoms in total. The van der Waals surface area contributed by atoms with Crippen molar-refractivity contribution >= 4 is 10.1 Å². The van der Waals surface area contributed by atoms with Gasteiger partial charge in [0, 0.05) is 11.1 Å². The number of alkyl halides is 5. The highest BCUT2D eigenvalue weighted by molar-refractivity contribution is 7.87. The molecule has 0 bridgehead atoms. The largest absolute Gasteiger partial charge is 0.523 e. The molecule has 10 atom stereocenters. The van der Waals surface area contributed by atoms with Crippen LogP contribution in [0.3, 0.4) is 0 Å². The van der Waals surface area contributed by atoms with Gasteiger partial charge in [-0.3, -0.25) is 4.18 Å². The van der Waals surface area contributed by atoms with E-state index in [1.54, 1.807) is 30.3 Å². The molecule has 0 spiro atoms. The first-order valence-corrected chi connectivity index (χ1v) is 14.7. The number of rotatable bonds is 4. The molecular weight excluding hydrogens is 611 g/mol. The second-order valence-electron chi connectivity index (χ2n) is 10.1. The smallest absolute Gasteiger partial charge is 0.388 e. The first kappa shape index (κ1) is 32.1. The molecule has 0 amide bonds. The summed E-state index contributed by atoms with van der Waals surface area (Å²) in [6, 6.07) is 17.9. The summed E-state index contributed by atoms with van der Waals surface area (Å²) < 4.78 is 124. The molecular formula is C27H29F5O10S. The van der Waals surface area contributed by atoms with Crippen LogP contribution >= 0.6 is 0 Å². The number of halogens is 5. The molecule has 4 aliphatic heterocycles. The normalized spacial score (nSPS) is 36.4. The van der Waals surface area contributed by atoms with Gasteiger partial charge in [0.1, 0.15) is 36.6 Å². The molecule has 0 radical (unpaired) electrons. The third kappa shape index (κ3) is 7.34. The van der Waals surface area contributed by atoms with Crippen molar-refractivity contribution in [2.24, 2.45) is 0 Å². The quantitative estimate of drug-likeness (QED) is 0.303. The monoisotopic (exact) mass is 640 g/mol. The SMILES string of the molecule is O=S(=O)(O[C@H]1CO[C@@H]2COC(c3ccccc3)O[C@H]2[C@@H]1F)C(F)(F)F.O[C@H]1CO[C@@H]2COC(c3ccccc3)O[C@H]2[C@@H]1F. The van der Waals surface area contributed by atoms with Crippen LogP contribution in [0, 0.1) is 0 Å². The summed E-state index contributed by atoms with van der Waals surface area (Å²) in [6.07, 6.45) is -11.6. The molecule has 2 aromatic carbocycles. The van der Waals surface area contributed by atoms with Crippen molar-refractivity contribution in [2.75, 3.05) is 26.4 Å². The molecule has 16 heteroatoms. The van der Waals surface area contributed by atoms with Gasteiger partial charge >= 0.3 is 15.6 Å². The lowest BCUT2D eigenvalue weighted by molar-refractivity contribution is -0.305. The number of fused-ring (bicyclic) bond motifs is 2. The summed E-state index contributed by atoms with van der Waals surface area (Å²) in [5.41, 5.74) is -4.23. The number of ether oxygens (including phenoxy) is 6. The van der Waals surface area contributed by atoms with E-state index >= 15 is 0 Å². The van der Waals surface area contributed by atoms with Crippen LogP contribution in [0.4, 0.5) is 22.0 Å². The first-order chi connectivity index (χ1) is 20.4. The van der Waals surface area contributed by atoms with E-state index in [0.717, 1.165) is 5.56 Å². The van der Waals surface area contributed by atoms with Crippen molar-refractivity contribution in [1.29, 1.82) is 0 Å². The molecule has 0 aliphatic carbocycles. The Bertz CT molecular complexity index is 1290. The maximum absolute atomic E-state index is 14.6. The molecule has 2 unspecified atom stereocenters. The van der Waals surface area contributed by atoms with Crippen molar-refractivity contribution in [1.82, 2.24) is 0 Å². The Kier molecular flexibility index (Phi) is 9.99. The van der Waals surface area contributed by atoms with Gasteiger partial charge in [0.2, 0.25) is 0 Å². The predicted molar refractivity (Wildman–Crippen MR) is 135 cm³/mol. The van der Waals surface area contributed by atoms with Crippen LogP contribution in [0.2, 0.25) is 0 Å². The summed E-state index contributed by atoms with van der Waals surface area (Å²) in [4.78, 5) is 0. The number of aliphatic hydroxyl groups excluding tert-OH is 1. The third-order valence-electron chi connectivity index (χ3n) is 7.10. The fraction of sp³-hybridized carbons (Fsp3) is 0.556. The van der Waals surface area contributed by atoms with Crippen molar-refractivity contribution < 1.29 is 68.1 Å². The average Bonchev–Trinajstić information content (AvgIpc) is 3.01. The molecule has 0 saturated carbocycles. The van der Waals surface area contributed by atoms with Gasteiger partial charge in [-0.1, -0.05) is 60.7 Å². The maximum Gasteiger partial charge on any atom is 0.523 e. The Morgan fingerprint density at radius 1 is 0.698 bits per heavy atom. The molecule has 4 fully saturated rings. The van der Waals surface area contributed by atoms with Gasteiger partial charge in [0.15, 0.2) is 24.9 Å². The zero-order valence-electron chi connectivity index (χ0n) is 22.3. The van der Waals surface area contributed by atoms with E-state index in [0.29, 0.717) is 5.56 Å². The molecule has 4 aliphatic rings. The van der Waals surface area contributed by atoms with Gasteiger partial charge in [-0.15, -0.1) is 0 Å². The Morgan fingerprint density at radius 3 is 1.65 bits per heavy atom. The lowest BCUT2D eigenvalue weighted by Crippen LogP contribution is -2.57. The van der Waals surface area contributed by atoms with Gasteiger partial charge in [-0.2, -0.15) is 21.6 Å². The summed E-state index contributed by atoms with van der Waals surface area (Å²) in [6.45, 7) is -0.452. The second kappa shape index (κ2) is 13.4. The highest BCUT2D eigenvalue weighted by Gasteiger charge is 2.53. The van der Waals surface area contributed by atoms with Gasteiger partial charge in [0.05, 0.1) is 26.4 Å². The van der Waals surface area contributed by atoms with E-state index in [9.17, 15) is 35.5 Å². The van der Waals surface area contributed by atoms with Crippen LogP contribution in [-0.2, 0) is 42.7 Å². The van der Waals surface area contributed by atoms with Crippen LogP contribution in [0.1, 0.15) is 23.7 Å². The number of hydrogen-bond acceptors (Lipinski definition) is 10. The van der Waals surface area contributed by atoms with Crippen LogP contribution in [0.25, 0.3) is 0 Å². The van der Waals surface area contributed by atoms with Gasteiger partial charge in [-0.25, -0.2) is 8.78 Å². The summed E-state index contributed by atoms with van der Waals surface area (Å²) in [7, 11) is -5.94. The minimum Gasteiger partial charge on any atom is -0.388 e. The second-order valence-corrected chi connectivity index (χ2v) is 11.7. The summed E-state index contributed by atoms with van der Waals surface area (Å²) >= 11 is 0. The highest BCUT2D eigenvalue weighted by atomic mass is 32.2. The fourth-order valence-electron chi connectivity index (χ4n) is 4.86. The number of benzene rings is 2. The van der Waals surface area contributed by atoms with Crippen molar-refractivity contribution in [3.8, 4) is 0 Å². The van der Waals surface area contributed by atoms with Gasteiger partial charge < -0.3 is 33.5 Å². The zero-order chi connectivity index (χ0) is 30.8. The van der Waals surface area contributed by atoms with E-state index < -0.39 is 83.8 Å². The Labute approximate surface area is 243 Å². The minimum atomic E-state index is -5.94. The van der Waals surface area contributed by atoms with Crippen LogP contribution in [0.15, 0.2) is 60.7 Å². The lowest BCUT2D eigenvalue weighted by Gasteiger charge is -2.43. The summed E-state index contributed by atoms with van der Waals surface area (Å²) in [5, 5.41) is 9.45. The van der Waals surface area contributed by atoms with Gasteiger partial charge in [-0.05, 0) is 0 Å². The Morgan fingerprint density at radius 2 is 1.16 bits per heavy atom. The van der Waals surface area contributed by atoms with Crippen molar-refractivity contribution in [2.45, 2.75) is 67.1 Å². The van der Waals surface area contributed by atoms with E-state index in [1.807, 2.05) is 30.3 Å². The van der Waals surface area contributed by atoms with E-state index in [1.165, 1.54) is 0 Å². The molecule has 4 saturated heterocycles. The van der Waals surface area contributed by atoms with Crippen LogP contribution in [0.5, 0.6) is 0 Å². The number of aliphatic hydroxyl groups is 1. The van der Waals surface area contributed by atoms with Crippen LogP contribution < -0.4 is 0 Å². The van der Waals surface area contributed by atoms with E-state index in [-0.39, 0.29) is 19.8 Å². The summed E-state index contributed by atoms with van der Waals surface area (Å²) in [5.74, 6) is 0. The minimum absolute atomic E-state index is 0.00887. The molecule has 43 heavy (non-hydrogen) atoms. The topological polar surface area (TPSA) is 119 Å². The molecule has 238 valence electrons. The maximum atomic E-state index is 14.6. The molecule has 1 N–H and O–H groups in total. The molecule has 4 heterocycles. The molecule has 6 rings (SSSR count). The van der Waals surface area contributed by atoms with E-state index in [4.69, 9.17) is 28.4 Å². The Balaban J connectivity index is 0.000000180. The lowest BCUT2D eigenvalue weighted by atomic mass is 10.0. The first-order valence-electron chi connectivity index (χ1n) is 13.3. The third-order valence-corrected chi connectivity index (χ3v) is 8.17. The Hall–Kier alpha value is -2.28. The zero-order valence-corrected chi connectivity index (χ0v) is 23.1. The number of hydrogen-bond donors (Lipinski definition) is 1. The van der Waals surface area contributed by atoms with Crippen LogP contribution in [-0.4, -0.2) is 94.4 Å². The molecule has 0 aromatic heterocycles. The average molecular weight is 641 g/mol. The van der Waals surface area contributed by atoms with E-state index in [2.05, 4.69) is 4.18 Å². The highest BCUT2D eigenvalue weighted by Crippen LogP contribution is 2.36. The fourth-order valence-corrected chi connectivity index (χ4v) is 5.46. The van der Waals surface area contributed by atoms with Crippen molar-refractivity contribution in [3.63, 3.8) is 0 Å². The van der Waals surface area contributed by atoms with Crippen molar-refractivity contribution in [3.05, 3.63) is 71.8 Å². The molecule has 2 aromatic rings.